The molecule has 0 aromatic heterocycles. The van der Waals surface area contributed by atoms with Crippen molar-refractivity contribution < 1.29 is 41.0 Å². The molecule has 0 N–H and O–H groups in total. The summed E-state index contributed by atoms with van der Waals surface area (Å²) >= 11 is 0. The normalized spacial score (nSPS) is 19.5. The summed E-state index contributed by atoms with van der Waals surface area (Å²) < 4.78 is 77.5. The molecule has 2 atom stereocenters. The highest BCUT2D eigenvalue weighted by atomic mass is 19.4. The summed E-state index contributed by atoms with van der Waals surface area (Å²) in [5.41, 5.74) is -0.306. The van der Waals surface area contributed by atoms with Crippen LogP contribution in [0.2, 0.25) is 0 Å². The number of hydrogen-bond acceptors (Lipinski definition) is 4. The second-order valence-electron chi connectivity index (χ2n) is 7.51. The standard InChI is InChI=1S/C23H22F5NO4/c1-3-33-23(27,28)19-13-12-18(14-4-8-16(9-5-14)22(24,25)26)20(30)29(19)17-10-6-15(7-11-17)21(31)32-2/h4-11,18-19H,3,12-13H2,1-2H3. The van der Waals surface area contributed by atoms with Crippen LogP contribution in [0.25, 0.3) is 0 Å². The number of methoxy groups -OCH3 is 1. The topological polar surface area (TPSA) is 55.8 Å². The fourth-order valence-electron chi connectivity index (χ4n) is 3.90. The number of halogens is 5. The summed E-state index contributed by atoms with van der Waals surface area (Å²) in [4.78, 5) is 26.0. The van der Waals surface area contributed by atoms with Crippen molar-refractivity contribution in [2.75, 3.05) is 18.6 Å². The molecule has 0 saturated carbocycles. The fraction of sp³-hybridized carbons (Fsp3) is 0.391. The first-order valence-electron chi connectivity index (χ1n) is 10.2. The van der Waals surface area contributed by atoms with Gasteiger partial charge in [-0.05, 0) is 61.7 Å². The Morgan fingerprint density at radius 3 is 2.12 bits per heavy atom. The van der Waals surface area contributed by atoms with E-state index < -0.39 is 41.7 Å². The van der Waals surface area contributed by atoms with Crippen LogP contribution < -0.4 is 4.90 Å². The van der Waals surface area contributed by atoms with E-state index in [9.17, 15) is 31.5 Å². The summed E-state index contributed by atoms with van der Waals surface area (Å²) in [6.45, 7) is 1.12. The number of nitrogens with zero attached hydrogens (tertiary/aromatic N) is 1. The van der Waals surface area contributed by atoms with Gasteiger partial charge in [0, 0.05) is 5.69 Å². The number of amides is 1. The van der Waals surface area contributed by atoms with Crippen LogP contribution in [-0.2, 0) is 20.4 Å². The molecular weight excluding hydrogens is 449 g/mol. The molecule has 2 unspecified atom stereocenters. The van der Waals surface area contributed by atoms with E-state index in [0.29, 0.717) is 5.56 Å². The lowest BCUT2D eigenvalue weighted by atomic mass is 9.85. The first-order chi connectivity index (χ1) is 15.5. The van der Waals surface area contributed by atoms with Crippen molar-refractivity contribution in [1.82, 2.24) is 0 Å². The van der Waals surface area contributed by atoms with E-state index in [2.05, 4.69) is 9.47 Å². The Morgan fingerprint density at radius 1 is 1.00 bits per heavy atom. The zero-order valence-electron chi connectivity index (χ0n) is 17.9. The van der Waals surface area contributed by atoms with Crippen LogP contribution in [0.4, 0.5) is 27.6 Å². The number of ether oxygens (including phenoxy) is 2. The molecule has 1 fully saturated rings. The number of esters is 1. The third-order valence-electron chi connectivity index (χ3n) is 5.51. The van der Waals surface area contributed by atoms with Crippen LogP contribution >= 0.6 is 0 Å². The van der Waals surface area contributed by atoms with Gasteiger partial charge in [0.2, 0.25) is 5.91 Å². The minimum Gasteiger partial charge on any atom is -0.465 e. The molecule has 1 aliphatic heterocycles. The van der Waals surface area contributed by atoms with Crippen LogP contribution in [-0.4, -0.2) is 37.7 Å². The van der Waals surface area contributed by atoms with E-state index >= 15 is 0 Å². The molecule has 1 saturated heterocycles. The van der Waals surface area contributed by atoms with Gasteiger partial charge in [-0.15, -0.1) is 0 Å². The number of carbonyl (C=O) groups excluding carboxylic acids is 2. The van der Waals surface area contributed by atoms with Crippen molar-refractivity contribution in [3.05, 3.63) is 65.2 Å². The molecule has 33 heavy (non-hydrogen) atoms. The van der Waals surface area contributed by atoms with Crippen LogP contribution in [0.1, 0.15) is 47.2 Å². The van der Waals surface area contributed by atoms with Gasteiger partial charge in [0.05, 0.1) is 30.8 Å². The lowest BCUT2D eigenvalue weighted by Gasteiger charge is -2.42. The maximum Gasteiger partial charge on any atom is 0.416 e. The van der Waals surface area contributed by atoms with Gasteiger partial charge in [-0.3, -0.25) is 4.79 Å². The van der Waals surface area contributed by atoms with E-state index in [-0.39, 0.29) is 30.7 Å². The van der Waals surface area contributed by atoms with Gasteiger partial charge in [0.25, 0.3) is 0 Å². The fourth-order valence-corrected chi connectivity index (χ4v) is 3.90. The Kier molecular flexibility index (Phi) is 7.06. The van der Waals surface area contributed by atoms with Crippen molar-refractivity contribution in [2.24, 2.45) is 0 Å². The maximum atomic E-state index is 14.8. The smallest absolute Gasteiger partial charge is 0.416 e. The number of benzene rings is 2. The number of rotatable bonds is 6. The Hall–Kier alpha value is -3.01. The van der Waals surface area contributed by atoms with Gasteiger partial charge in [0.15, 0.2) is 0 Å². The predicted octanol–water partition coefficient (Wildman–Crippen LogP) is 5.40. The molecule has 5 nitrogen and oxygen atoms in total. The third-order valence-corrected chi connectivity index (χ3v) is 5.51. The highest BCUT2D eigenvalue weighted by Crippen LogP contribution is 2.41. The molecule has 1 heterocycles. The lowest BCUT2D eigenvalue weighted by Crippen LogP contribution is -2.56. The van der Waals surface area contributed by atoms with E-state index in [1.807, 2.05) is 0 Å². The first kappa shape index (κ1) is 24.6. The van der Waals surface area contributed by atoms with Crippen LogP contribution in [0.3, 0.4) is 0 Å². The minimum absolute atomic E-state index is 0.00821. The van der Waals surface area contributed by atoms with E-state index in [1.165, 1.54) is 50.4 Å². The number of alkyl halides is 5. The largest absolute Gasteiger partial charge is 0.465 e. The summed E-state index contributed by atoms with van der Waals surface area (Å²) in [6, 6.07) is 7.83. The predicted molar refractivity (Wildman–Crippen MR) is 109 cm³/mol. The summed E-state index contributed by atoms with van der Waals surface area (Å²) in [6.07, 6.45) is -8.33. The number of anilines is 1. The van der Waals surface area contributed by atoms with Gasteiger partial charge < -0.3 is 14.4 Å². The van der Waals surface area contributed by atoms with Crippen molar-refractivity contribution in [3.63, 3.8) is 0 Å². The molecule has 0 aliphatic carbocycles. The maximum absolute atomic E-state index is 14.8. The second kappa shape index (κ2) is 9.46. The molecular formula is C23H22F5NO4. The number of carbonyl (C=O) groups is 2. The van der Waals surface area contributed by atoms with Crippen LogP contribution in [0.15, 0.2) is 48.5 Å². The Bertz CT molecular complexity index is 989. The van der Waals surface area contributed by atoms with Crippen molar-refractivity contribution in [3.8, 4) is 0 Å². The van der Waals surface area contributed by atoms with Gasteiger partial charge in [-0.1, -0.05) is 12.1 Å². The zero-order chi connectivity index (χ0) is 24.4. The van der Waals surface area contributed by atoms with Crippen LogP contribution in [0, 0.1) is 0 Å². The molecule has 10 heteroatoms. The van der Waals surface area contributed by atoms with Gasteiger partial charge in [-0.25, -0.2) is 4.79 Å². The molecule has 0 radical (unpaired) electrons. The molecule has 2 aromatic carbocycles. The molecule has 1 aliphatic rings. The molecule has 178 valence electrons. The molecule has 2 aromatic rings. The van der Waals surface area contributed by atoms with Crippen molar-refractivity contribution in [1.29, 1.82) is 0 Å². The molecule has 3 rings (SSSR count). The SMILES string of the molecule is CCOC(F)(F)C1CCC(c2ccc(C(F)(F)F)cc2)C(=O)N1c1ccc(C(=O)OC)cc1. The van der Waals surface area contributed by atoms with Crippen molar-refractivity contribution in [2.45, 2.75) is 44.0 Å². The average Bonchev–Trinajstić information content (AvgIpc) is 2.78. The summed E-state index contributed by atoms with van der Waals surface area (Å²) in [5, 5.41) is 0. The first-order valence-corrected chi connectivity index (χ1v) is 10.2. The van der Waals surface area contributed by atoms with E-state index in [1.54, 1.807) is 0 Å². The van der Waals surface area contributed by atoms with E-state index in [0.717, 1.165) is 17.0 Å². The minimum atomic E-state index is -4.53. The van der Waals surface area contributed by atoms with Crippen molar-refractivity contribution >= 4 is 17.6 Å². The van der Waals surface area contributed by atoms with Gasteiger partial charge >= 0.3 is 18.3 Å². The van der Waals surface area contributed by atoms with E-state index in [4.69, 9.17) is 0 Å². The van der Waals surface area contributed by atoms with Gasteiger partial charge in [0.1, 0.15) is 6.04 Å². The quantitative estimate of drug-likeness (QED) is 0.418. The highest BCUT2D eigenvalue weighted by Gasteiger charge is 2.50. The van der Waals surface area contributed by atoms with Gasteiger partial charge in [-0.2, -0.15) is 22.0 Å². The number of hydrogen-bond donors (Lipinski definition) is 0. The summed E-state index contributed by atoms with van der Waals surface area (Å²) in [5.74, 6) is -2.25. The second-order valence-corrected chi connectivity index (χ2v) is 7.51. The number of piperidine rings is 1. The Balaban J connectivity index is 1.98. The monoisotopic (exact) mass is 471 g/mol. The molecule has 1 amide bonds. The van der Waals surface area contributed by atoms with Crippen LogP contribution in [0.5, 0.6) is 0 Å². The Morgan fingerprint density at radius 2 is 1.61 bits per heavy atom. The third kappa shape index (κ3) is 5.16. The molecule has 0 bridgehead atoms. The highest BCUT2D eigenvalue weighted by molar-refractivity contribution is 6.00. The lowest BCUT2D eigenvalue weighted by molar-refractivity contribution is -0.251. The molecule has 0 spiro atoms. The average molecular weight is 471 g/mol. The summed E-state index contributed by atoms with van der Waals surface area (Å²) in [7, 11) is 1.19. The zero-order valence-corrected chi connectivity index (χ0v) is 17.9. The Labute approximate surface area is 187 Å².